The molecule has 23 N–H and O–H groups in total. The molecule has 13 atom stereocenters. The van der Waals surface area contributed by atoms with Crippen molar-refractivity contribution in [3.05, 3.63) is 65.9 Å². The van der Waals surface area contributed by atoms with Gasteiger partial charge in [0.2, 0.25) is 70.9 Å². The number of para-hydroxylation sites is 2. The average Bonchev–Trinajstić information content (AvgIpc) is 1.72. The van der Waals surface area contributed by atoms with Crippen LogP contribution in [0, 0.1) is 17.8 Å². The summed E-state index contributed by atoms with van der Waals surface area (Å²) in [5, 5.41) is 74.7. The van der Waals surface area contributed by atoms with E-state index in [1.165, 1.54) is 24.3 Å². The number of carbonyl (C=O) groups excluding carboxylic acids is 16. The quantitative estimate of drug-likeness (QED) is 0.0116. The van der Waals surface area contributed by atoms with Crippen LogP contribution in [0.4, 0.5) is 5.69 Å². The van der Waals surface area contributed by atoms with Gasteiger partial charge in [-0.05, 0) is 69.3 Å². The van der Waals surface area contributed by atoms with Crippen LogP contribution in [0.25, 0.3) is 10.9 Å². The molecule has 1 aromatic heterocycles. The monoisotopic (exact) mass is 1620 g/mol. The number of nitrogen functional groups attached to an aromatic ring is 1. The molecule has 0 radical (unpaired) electrons. The predicted molar refractivity (Wildman–Crippen MR) is 403 cm³/mol. The number of cyclic esters (lactones) is 1. The highest BCUT2D eigenvalue weighted by atomic mass is 16.5. The Balaban J connectivity index is 1.87. The molecule has 1 aliphatic rings. The van der Waals surface area contributed by atoms with Crippen LogP contribution >= 0.6 is 0 Å². The number of benzene rings is 2. The molecule has 1 fully saturated rings. The number of nitrogens with one attached hydrogen (secondary N) is 12. The normalized spacial score (nSPS) is 21.3. The number of anilines is 1. The Morgan fingerprint density at radius 3 is 1.73 bits per heavy atom. The van der Waals surface area contributed by atoms with Crippen molar-refractivity contribution in [2.45, 2.75) is 210 Å². The maximum atomic E-state index is 14.9. The lowest BCUT2D eigenvalue weighted by Gasteiger charge is -2.29. The number of aliphatic hydroxyl groups excluding tert-OH is 1. The van der Waals surface area contributed by atoms with E-state index >= 15 is 0 Å². The third-order valence-electron chi connectivity index (χ3n) is 18.5. The molecule has 630 valence electrons. The number of aromatic nitrogens is 1. The Morgan fingerprint density at radius 1 is 0.557 bits per heavy atom. The van der Waals surface area contributed by atoms with Gasteiger partial charge in [-0.1, -0.05) is 82.7 Å². The third-order valence-corrected chi connectivity index (χ3v) is 18.5. The second-order valence-electron chi connectivity index (χ2n) is 27.8. The van der Waals surface area contributed by atoms with E-state index in [0.29, 0.717) is 29.3 Å². The highest BCUT2D eigenvalue weighted by Gasteiger charge is 2.41. The number of aliphatic hydroxyl groups is 1. The first kappa shape index (κ1) is 95.1. The minimum absolute atomic E-state index is 0.0161. The number of ether oxygens (including phenoxy) is 1. The number of carboxylic acids is 4. The number of hydrogen-bond acceptors (Lipinski definition) is 24. The van der Waals surface area contributed by atoms with Gasteiger partial charge in [-0.25, -0.2) is 4.79 Å². The summed E-state index contributed by atoms with van der Waals surface area (Å²) in [4.78, 5) is 277. The standard InChI is InChI=1S/C74H103N15O26/c1-5-6-7-8-9-10-11-22-58(95)83-48(25-41-33-78-46-20-15-13-17-42(41)46)55(92)26-40(27-57(77)94)67(107)85-49(30-62(100)101)56(93)28-44-39(4)115-74(114)52(29-54(91)43-18-12-14-19-45(43)76)88-73(113)65(37(2)24-61(98)99)89-72(112)53(36-90)84-60(97)35-80-69(109)50(31-63(102)103)86-66(106)38(3)81-71(111)51(32-64(104)105)87-70(110)47(21-16-23-75)82-59(96)34-79-68(44)108/h12-15,17-20,33,37-40,44,47-53,65,78,90H,5-11,16,21-32,34-36,75-76H2,1-4H3,(H2,77,94)(H,79,108)(H,80,109)(H,81,111)(H,82,96)(H,83,95)(H,84,97)(H,85,107)(H,86,106)(H,87,110)(H,88,113)(H,89,112)(H,98,99)(H,100,101)(H,102,103)(H,104,105)/t37-,38-,39-,40-,44+,47+,48+,49+,50+,51+,52+,53-,65+/m1/s1. The molecule has 1 saturated heterocycles. The first-order chi connectivity index (χ1) is 54.4. The van der Waals surface area contributed by atoms with Gasteiger partial charge >= 0.3 is 29.8 Å². The minimum atomic E-state index is -2.30. The molecule has 41 heteroatoms. The lowest BCUT2D eigenvalue weighted by atomic mass is 9.89. The lowest BCUT2D eigenvalue weighted by Crippen LogP contribution is -2.60. The SMILES string of the molecule is CCCCCCCCCC(=O)N[C@@H](Cc1c[nH]c2ccccc12)C(=O)C[C@H](CC(N)=O)C(=O)N[C@@H](CC(=O)O)C(=O)C[C@@H]1C(=O)NCC(=O)N[C@@H](CCCN)C(=O)N[C@@H](CC(=O)O)C(=O)N[C@H](C)C(=O)N[C@@H](CC(=O)O)C(=O)NCC(=O)N[C@H](CO)C(=O)N[C@@H]([C@H](C)CC(=O)O)C(=O)N[C@@H](CC(=O)c2ccccc2N)C(=O)O[C@@H]1C. The Labute approximate surface area is 659 Å². The molecule has 4 rings (SSSR count). The van der Waals surface area contributed by atoms with Crippen molar-refractivity contribution >= 4 is 135 Å². The number of rotatable bonds is 37. The van der Waals surface area contributed by atoms with E-state index in [-0.39, 0.29) is 43.5 Å². The van der Waals surface area contributed by atoms with Crippen LogP contribution in [-0.2, 0) is 102 Å². The number of aliphatic carboxylic acids is 4. The van der Waals surface area contributed by atoms with E-state index in [1.54, 1.807) is 30.5 Å². The van der Waals surface area contributed by atoms with Crippen molar-refractivity contribution in [1.29, 1.82) is 0 Å². The largest absolute Gasteiger partial charge is 0.481 e. The van der Waals surface area contributed by atoms with E-state index in [1.807, 2.05) is 16.0 Å². The number of unbranched alkanes of at least 4 members (excludes halogenated alkanes) is 6. The minimum Gasteiger partial charge on any atom is -0.481 e. The number of H-pyrrole nitrogens is 1. The number of carbonyl (C=O) groups is 20. The number of nitrogens with two attached hydrogens (primary N) is 3. The van der Waals surface area contributed by atoms with Gasteiger partial charge in [-0.2, -0.15) is 0 Å². The number of aromatic amines is 1. The number of carboxylic acid groups (broad SMARTS) is 4. The highest BCUT2D eigenvalue weighted by molar-refractivity contribution is 6.05. The summed E-state index contributed by atoms with van der Waals surface area (Å²) in [5.74, 6) is -32.5. The zero-order valence-corrected chi connectivity index (χ0v) is 64.0. The maximum Gasteiger partial charge on any atom is 0.329 e. The second-order valence-corrected chi connectivity index (χ2v) is 27.8. The molecular weight excluding hydrogens is 1510 g/mol. The Kier molecular flexibility index (Phi) is 39.6. The summed E-state index contributed by atoms with van der Waals surface area (Å²) in [5.41, 5.74) is 18.3. The Bertz CT molecular complexity index is 4040. The van der Waals surface area contributed by atoms with Gasteiger partial charge in [0.05, 0.1) is 69.3 Å². The summed E-state index contributed by atoms with van der Waals surface area (Å²) in [6.45, 7) is 1.29. The van der Waals surface area contributed by atoms with E-state index in [2.05, 4.69) is 54.4 Å². The van der Waals surface area contributed by atoms with Gasteiger partial charge < -0.3 is 111 Å². The molecule has 115 heavy (non-hydrogen) atoms. The van der Waals surface area contributed by atoms with E-state index < -0.39 is 267 Å². The number of amides is 12. The molecule has 2 heterocycles. The van der Waals surface area contributed by atoms with Crippen LogP contribution in [0.3, 0.4) is 0 Å². The summed E-state index contributed by atoms with van der Waals surface area (Å²) in [6.07, 6.45) is -3.81. The zero-order chi connectivity index (χ0) is 85.8. The number of Topliss-reactive ketones (excluding diaryl/α,β-unsaturated/α-hetero) is 3. The first-order valence-electron chi connectivity index (χ1n) is 37.3. The third kappa shape index (κ3) is 32.7. The van der Waals surface area contributed by atoms with Crippen LogP contribution < -0.4 is 75.7 Å². The van der Waals surface area contributed by atoms with Gasteiger partial charge in [0.1, 0.15) is 48.4 Å². The summed E-state index contributed by atoms with van der Waals surface area (Å²) in [7, 11) is 0. The van der Waals surface area contributed by atoms with Gasteiger partial charge in [-0.3, -0.25) is 91.1 Å². The number of esters is 1. The maximum absolute atomic E-state index is 14.9. The topological polar surface area (TPSA) is 678 Å². The molecule has 0 unspecified atom stereocenters. The van der Waals surface area contributed by atoms with Crippen LogP contribution in [0.2, 0.25) is 0 Å². The number of hydrogen-bond donors (Lipinski definition) is 20. The Hall–Kier alpha value is -12.3. The summed E-state index contributed by atoms with van der Waals surface area (Å²) < 4.78 is 5.75. The van der Waals surface area contributed by atoms with Crippen molar-refractivity contribution in [2.24, 2.45) is 29.2 Å². The van der Waals surface area contributed by atoms with Crippen LogP contribution in [-0.4, -0.2) is 235 Å². The van der Waals surface area contributed by atoms with Crippen molar-refractivity contribution in [3.63, 3.8) is 0 Å². The molecule has 0 saturated carbocycles. The fourth-order valence-corrected chi connectivity index (χ4v) is 12.2. The fraction of sp³-hybridized carbons (Fsp3) is 0.541. The van der Waals surface area contributed by atoms with Crippen molar-refractivity contribution in [2.75, 3.05) is 32.0 Å². The van der Waals surface area contributed by atoms with Gasteiger partial charge in [-0.15, -0.1) is 0 Å². The van der Waals surface area contributed by atoms with Crippen LogP contribution in [0.15, 0.2) is 54.7 Å². The van der Waals surface area contributed by atoms with Crippen molar-refractivity contribution < 1.29 is 126 Å². The van der Waals surface area contributed by atoms with Crippen molar-refractivity contribution in [3.8, 4) is 0 Å². The van der Waals surface area contributed by atoms with Gasteiger partial charge in [0, 0.05) is 66.9 Å². The van der Waals surface area contributed by atoms with Crippen LogP contribution in [0.1, 0.15) is 159 Å². The van der Waals surface area contributed by atoms with Crippen molar-refractivity contribution in [1.82, 2.24) is 63.5 Å². The zero-order valence-electron chi connectivity index (χ0n) is 64.0. The average molecular weight is 1620 g/mol. The molecule has 0 spiro atoms. The fourth-order valence-electron chi connectivity index (χ4n) is 12.2. The van der Waals surface area contributed by atoms with E-state index in [9.17, 15) is 121 Å². The van der Waals surface area contributed by atoms with E-state index in [4.69, 9.17) is 21.9 Å². The lowest BCUT2D eigenvalue weighted by molar-refractivity contribution is -0.158. The number of fused-ring (bicyclic) bond motifs is 1. The van der Waals surface area contributed by atoms with E-state index in [0.717, 1.165) is 52.9 Å². The molecule has 12 amide bonds. The molecular formula is C74H103N15O26. The highest BCUT2D eigenvalue weighted by Crippen LogP contribution is 2.24. The molecule has 0 bridgehead atoms. The Morgan fingerprint density at radius 2 is 1.12 bits per heavy atom. The molecule has 1 aliphatic heterocycles. The molecule has 3 aromatic rings. The smallest absolute Gasteiger partial charge is 0.329 e. The number of primary amides is 1. The van der Waals surface area contributed by atoms with Gasteiger partial charge in [0.15, 0.2) is 17.3 Å². The number of ketones is 3. The van der Waals surface area contributed by atoms with Gasteiger partial charge in [0.25, 0.3) is 0 Å². The predicted octanol–water partition coefficient (Wildman–Crippen LogP) is -3.44. The van der Waals surface area contributed by atoms with Crippen LogP contribution in [0.5, 0.6) is 0 Å². The summed E-state index contributed by atoms with van der Waals surface area (Å²) in [6, 6.07) is -5.51. The summed E-state index contributed by atoms with van der Waals surface area (Å²) >= 11 is 0. The first-order valence-corrected chi connectivity index (χ1v) is 37.3. The molecule has 41 nitrogen and oxygen atoms in total. The molecule has 2 aromatic carbocycles. The molecule has 0 aliphatic carbocycles. The second kappa shape index (κ2) is 47.9.